The van der Waals surface area contributed by atoms with Crippen molar-refractivity contribution in [1.29, 1.82) is 0 Å². The van der Waals surface area contributed by atoms with E-state index in [1.165, 1.54) is 23.4 Å². The predicted molar refractivity (Wildman–Crippen MR) is 98.7 cm³/mol. The van der Waals surface area contributed by atoms with Crippen LogP contribution in [0.25, 0.3) is 10.9 Å². The van der Waals surface area contributed by atoms with Crippen LogP contribution in [0, 0.1) is 0 Å². The van der Waals surface area contributed by atoms with Crippen LogP contribution in [0.5, 0.6) is 0 Å². The number of benzene rings is 2. The fraction of sp³-hybridized carbons (Fsp3) is 0.211. The van der Waals surface area contributed by atoms with Gasteiger partial charge in [0.15, 0.2) is 5.16 Å². The van der Waals surface area contributed by atoms with Gasteiger partial charge in [-0.05, 0) is 24.6 Å². The summed E-state index contributed by atoms with van der Waals surface area (Å²) in [5, 5.41) is 1.08. The molecule has 128 valence electrons. The Morgan fingerprint density at radius 1 is 1.16 bits per heavy atom. The highest BCUT2D eigenvalue weighted by atomic mass is 32.2. The maximum atomic E-state index is 12.8. The molecule has 0 N–H and O–H groups in total. The Bertz CT molecular complexity index is 954. The topological polar surface area (TPSA) is 61.2 Å². The van der Waals surface area contributed by atoms with Gasteiger partial charge in [-0.3, -0.25) is 14.2 Å². The van der Waals surface area contributed by atoms with Gasteiger partial charge in [-0.15, -0.1) is 0 Å². The molecule has 0 bridgehead atoms. The van der Waals surface area contributed by atoms with E-state index >= 15 is 0 Å². The number of carbonyl (C=O) groups is 1. The van der Waals surface area contributed by atoms with Gasteiger partial charge in [0.25, 0.3) is 5.56 Å². The Labute approximate surface area is 149 Å². The van der Waals surface area contributed by atoms with Crippen LogP contribution in [0.2, 0.25) is 0 Å². The minimum absolute atomic E-state index is 0.0816. The number of para-hydroxylation sites is 1. The van der Waals surface area contributed by atoms with E-state index in [2.05, 4.69) is 4.98 Å². The molecular weight excluding hydrogens is 336 g/mol. The molecule has 0 aliphatic heterocycles. The number of ether oxygens (including phenoxy) is 1. The van der Waals surface area contributed by atoms with Gasteiger partial charge in [0, 0.05) is 5.25 Å². The molecule has 0 aliphatic carbocycles. The lowest BCUT2D eigenvalue weighted by Gasteiger charge is -2.16. The lowest BCUT2D eigenvalue weighted by atomic mass is 10.2. The smallest absolute Gasteiger partial charge is 0.325 e. The lowest BCUT2D eigenvalue weighted by Crippen LogP contribution is -2.27. The van der Waals surface area contributed by atoms with Crippen molar-refractivity contribution in [3.63, 3.8) is 0 Å². The van der Waals surface area contributed by atoms with Gasteiger partial charge in [0.05, 0.1) is 18.0 Å². The van der Waals surface area contributed by atoms with Crippen LogP contribution in [0.15, 0.2) is 64.5 Å². The molecule has 0 amide bonds. The highest BCUT2D eigenvalue weighted by molar-refractivity contribution is 7.99. The molecule has 5 nitrogen and oxygen atoms in total. The van der Waals surface area contributed by atoms with Crippen LogP contribution >= 0.6 is 11.8 Å². The quantitative estimate of drug-likeness (QED) is 0.399. The van der Waals surface area contributed by atoms with Gasteiger partial charge >= 0.3 is 5.97 Å². The van der Waals surface area contributed by atoms with Gasteiger partial charge in [-0.25, -0.2) is 4.98 Å². The number of esters is 1. The summed E-state index contributed by atoms with van der Waals surface area (Å²) in [4.78, 5) is 29.2. The van der Waals surface area contributed by atoms with E-state index in [1.807, 2.05) is 43.3 Å². The molecule has 2 aromatic carbocycles. The fourth-order valence-corrected chi connectivity index (χ4v) is 3.56. The number of hydrogen-bond donors (Lipinski definition) is 0. The molecule has 3 aromatic rings. The first-order valence-electron chi connectivity index (χ1n) is 7.88. The lowest BCUT2D eigenvalue weighted by molar-refractivity contribution is -0.141. The highest BCUT2D eigenvalue weighted by Gasteiger charge is 2.17. The summed E-state index contributed by atoms with van der Waals surface area (Å²) in [6.07, 6.45) is 0. The van der Waals surface area contributed by atoms with Crippen molar-refractivity contribution in [3.05, 3.63) is 70.5 Å². The molecular formula is C19H18N2O3S. The molecule has 1 aromatic heterocycles. The third kappa shape index (κ3) is 3.74. The largest absolute Gasteiger partial charge is 0.468 e. The molecule has 0 aliphatic rings. The zero-order chi connectivity index (χ0) is 17.8. The number of carbonyl (C=O) groups excluding carboxylic acids is 1. The Hall–Kier alpha value is -2.60. The second kappa shape index (κ2) is 7.53. The summed E-state index contributed by atoms with van der Waals surface area (Å²) in [5.41, 5.74) is 1.51. The SMILES string of the molecule is COC(=O)Cn1c(S[C@@H](C)c2ccccc2)nc2ccccc2c1=O. The number of rotatable bonds is 5. The Kier molecular flexibility index (Phi) is 5.19. The molecule has 0 fully saturated rings. The Balaban J connectivity index is 2.07. The first-order valence-corrected chi connectivity index (χ1v) is 8.76. The minimum atomic E-state index is -0.478. The monoisotopic (exact) mass is 354 g/mol. The minimum Gasteiger partial charge on any atom is -0.468 e. The molecule has 6 heteroatoms. The van der Waals surface area contributed by atoms with E-state index in [4.69, 9.17) is 4.74 Å². The van der Waals surface area contributed by atoms with E-state index in [-0.39, 0.29) is 17.4 Å². The van der Waals surface area contributed by atoms with Crippen molar-refractivity contribution in [1.82, 2.24) is 9.55 Å². The van der Waals surface area contributed by atoms with E-state index in [0.717, 1.165) is 5.56 Å². The summed E-state index contributed by atoms with van der Waals surface area (Å²) in [6.45, 7) is 1.89. The number of fused-ring (bicyclic) bond motifs is 1. The van der Waals surface area contributed by atoms with Crippen molar-refractivity contribution < 1.29 is 9.53 Å². The van der Waals surface area contributed by atoms with Crippen LogP contribution in [-0.2, 0) is 16.1 Å². The molecule has 1 atom stereocenters. The number of hydrogen-bond acceptors (Lipinski definition) is 5. The van der Waals surface area contributed by atoms with Crippen LogP contribution < -0.4 is 5.56 Å². The highest BCUT2D eigenvalue weighted by Crippen LogP contribution is 2.33. The van der Waals surface area contributed by atoms with Crippen LogP contribution in [0.4, 0.5) is 0 Å². The van der Waals surface area contributed by atoms with Gasteiger partial charge in [0.1, 0.15) is 6.54 Å². The molecule has 0 unspecified atom stereocenters. The van der Waals surface area contributed by atoms with Gasteiger partial charge < -0.3 is 4.74 Å². The average molecular weight is 354 g/mol. The van der Waals surface area contributed by atoms with Gasteiger partial charge in [0.2, 0.25) is 0 Å². The van der Waals surface area contributed by atoms with Crippen LogP contribution in [-0.4, -0.2) is 22.6 Å². The van der Waals surface area contributed by atoms with Crippen molar-refractivity contribution in [2.45, 2.75) is 23.9 Å². The zero-order valence-corrected chi connectivity index (χ0v) is 14.8. The van der Waals surface area contributed by atoms with Crippen molar-refractivity contribution in [2.24, 2.45) is 0 Å². The first-order chi connectivity index (χ1) is 12.1. The molecule has 25 heavy (non-hydrogen) atoms. The van der Waals surface area contributed by atoms with Gasteiger partial charge in [-0.2, -0.15) is 0 Å². The second-order valence-electron chi connectivity index (χ2n) is 5.55. The molecule has 0 radical (unpaired) electrons. The summed E-state index contributed by atoms with van der Waals surface area (Å²) < 4.78 is 6.12. The third-order valence-electron chi connectivity index (χ3n) is 3.89. The number of nitrogens with zero attached hydrogens (tertiary/aromatic N) is 2. The number of methoxy groups -OCH3 is 1. The van der Waals surface area contributed by atoms with Crippen LogP contribution in [0.1, 0.15) is 17.7 Å². The number of aromatic nitrogens is 2. The van der Waals surface area contributed by atoms with E-state index in [0.29, 0.717) is 16.1 Å². The Morgan fingerprint density at radius 3 is 2.56 bits per heavy atom. The number of thioether (sulfide) groups is 1. The predicted octanol–water partition coefficient (Wildman–Crippen LogP) is 3.42. The third-order valence-corrected chi connectivity index (χ3v) is 5.04. The zero-order valence-electron chi connectivity index (χ0n) is 14.0. The maximum absolute atomic E-state index is 12.8. The normalized spacial score (nSPS) is 12.1. The average Bonchev–Trinajstić information content (AvgIpc) is 2.65. The van der Waals surface area contributed by atoms with Gasteiger partial charge in [-0.1, -0.05) is 54.2 Å². The fourth-order valence-electron chi connectivity index (χ4n) is 2.52. The molecule has 3 rings (SSSR count). The van der Waals surface area contributed by atoms with Crippen molar-refractivity contribution in [2.75, 3.05) is 7.11 Å². The van der Waals surface area contributed by atoms with E-state index < -0.39 is 5.97 Å². The molecule has 1 heterocycles. The summed E-state index contributed by atoms with van der Waals surface area (Å²) in [5.74, 6) is -0.478. The standard InChI is InChI=1S/C19H18N2O3S/c1-13(14-8-4-3-5-9-14)25-19-20-16-11-7-6-10-15(16)18(23)21(19)12-17(22)24-2/h3-11,13H,12H2,1-2H3/t13-/m0/s1. The maximum Gasteiger partial charge on any atom is 0.325 e. The Morgan fingerprint density at radius 2 is 1.84 bits per heavy atom. The van der Waals surface area contributed by atoms with Crippen molar-refractivity contribution in [3.8, 4) is 0 Å². The van der Waals surface area contributed by atoms with E-state index in [9.17, 15) is 9.59 Å². The summed E-state index contributed by atoms with van der Waals surface area (Å²) in [6, 6.07) is 17.1. The second-order valence-corrected chi connectivity index (χ2v) is 6.86. The van der Waals surface area contributed by atoms with E-state index in [1.54, 1.807) is 18.2 Å². The summed E-state index contributed by atoms with van der Waals surface area (Å²) >= 11 is 1.45. The first kappa shape index (κ1) is 17.2. The molecule has 0 spiro atoms. The molecule has 0 saturated heterocycles. The summed E-state index contributed by atoms with van der Waals surface area (Å²) in [7, 11) is 1.31. The molecule has 0 saturated carbocycles. The van der Waals surface area contributed by atoms with Crippen molar-refractivity contribution >= 4 is 28.6 Å². The van der Waals surface area contributed by atoms with Crippen LogP contribution in [0.3, 0.4) is 0 Å².